The highest BCUT2D eigenvalue weighted by atomic mass is 16.6. The third-order valence-corrected chi connectivity index (χ3v) is 5.29. The molecule has 1 amide bonds. The molecule has 35 heavy (non-hydrogen) atoms. The molecular formula is C27H33NO7. The van der Waals surface area contributed by atoms with Gasteiger partial charge in [0.2, 0.25) is 0 Å². The Morgan fingerprint density at radius 3 is 2.20 bits per heavy atom. The molecule has 8 nitrogen and oxygen atoms in total. The van der Waals surface area contributed by atoms with Gasteiger partial charge >= 0.3 is 11.9 Å². The lowest BCUT2D eigenvalue weighted by molar-refractivity contribution is -0.155. The summed E-state index contributed by atoms with van der Waals surface area (Å²) in [6, 6.07) is 13.8. The topological polar surface area (TPSA) is 100 Å². The van der Waals surface area contributed by atoms with E-state index in [1.54, 1.807) is 54.6 Å². The minimum Gasteiger partial charge on any atom is -0.491 e. The van der Waals surface area contributed by atoms with E-state index in [1.807, 2.05) is 20.8 Å². The number of rotatable bonds is 13. The number of hydrogen-bond donors (Lipinski definition) is 1. The van der Waals surface area contributed by atoms with Crippen LogP contribution in [-0.4, -0.2) is 51.4 Å². The van der Waals surface area contributed by atoms with Crippen LogP contribution in [0.5, 0.6) is 5.75 Å². The highest BCUT2D eigenvalue weighted by Gasteiger charge is 2.26. The van der Waals surface area contributed by atoms with E-state index in [2.05, 4.69) is 10.1 Å². The smallest absolute Gasteiger partial charge is 0.330 e. The van der Waals surface area contributed by atoms with Gasteiger partial charge in [-0.05, 0) is 68.3 Å². The van der Waals surface area contributed by atoms with Gasteiger partial charge in [-0.25, -0.2) is 4.79 Å². The van der Waals surface area contributed by atoms with Crippen LogP contribution in [-0.2, 0) is 23.8 Å². The van der Waals surface area contributed by atoms with Crippen molar-refractivity contribution in [3.8, 4) is 5.75 Å². The molecule has 2 aromatic carbocycles. The van der Waals surface area contributed by atoms with E-state index in [4.69, 9.17) is 14.2 Å². The number of amides is 1. The molecule has 2 aromatic rings. The summed E-state index contributed by atoms with van der Waals surface area (Å²) in [4.78, 5) is 35.5. The molecule has 0 aliphatic carbocycles. The van der Waals surface area contributed by atoms with Crippen LogP contribution in [0, 0.1) is 5.41 Å². The van der Waals surface area contributed by atoms with Crippen molar-refractivity contribution in [3.63, 3.8) is 0 Å². The van der Waals surface area contributed by atoms with Crippen molar-refractivity contribution in [1.29, 1.82) is 0 Å². The Balaban J connectivity index is 1.69. The number of ether oxygens (including phenoxy) is 4. The largest absolute Gasteiger partial charge is 0.491 e. The van der Waals surface area contributed by atoms with E-state index in [1.165, 1.54) is 13.2 Å². The zero-order valence-electron chi connectivity index (χ0n) is 20.7. The molecule has 0 bridgehead atoms. The molecular weight excluding hydrogens is 450 g/mol. The molecule has 0 fully saturated rings. The van der Waals surface area contributed by atoms with E-state index in [0.29, 0.717) is 43.2 Å². The van der Waals surface area contributed by atoms with Crippen LogP contribution in [0.15, 0.2) is 54.6 Å². The van der Waals surface area contributed by atoms with Crippen molar-refractivity contribution in [2.45, 2.75) is 27.2 Å². The van der Waals surface area contributed by atoms with Crippen LogP contribution in [0.25, 0.3) is 6.08 Å². The number of anilines is 1. The molecule has 0 aliphatic heterocycles. The molecule has 1 N–H and O–H groups in total. The molecule has 0 heterocycles. The maximum absolute atomic E-state index is 12.5. The van der Waals surface area contributed by atoms with Crippen LogP contribution < -0.4 is 10.1 Å². The van der Waals surface area contributed by atoms with Crippen LogP contribution in [0.1, 0.15) is 43.1 Å². The summed E-state index contributed by atoms with van der Waals surface area (Å²) < 4.78 is 20.8. The molecule has 0 saturated carbocycles. The fraction of sp³-hybridized carbons (Fsp3) is 0.370. The summed E-state index contributed by atoms with van der Waals surface area (Å²) in [6.45, 7) is 6.84. The van der Waals surface area contributed by atoms with E-state index in [9.17, 15) is 14.4 Å². The summed E-state index contributed by atoms with van der Waals surface area (Å²) >= 11 is 0. The van der Waals surface area contributed by atoms with Crippen molar-refractivity contribution < 1.29 is 33.3 Å². The number of esters is 2. The SMILES string of the molecule is CCC(C)(C)C(=O)OCCOCCOc1ccc(C(=O)Nc2ccc(/C=C/C(=O)OC)cc2)cc1. The second-order valence-electron chi connectivity index (χ2n) is 8.29. The van der Waals surface area contributed by atoms with E-state index in [0.717, 1.165) is 5.56 Å². The number of carbonyl (C=O) groups excluding carboxylic acids is 3. The molecule has 0 saturated heterocycles. The van der Waals surface area contributed by atoms with Gasteiger partial charge < -0.3 is 24.3 Å². The predicted molar refractivity (Wildman–Crippen MR) is 133 cm³/mol. The molecule has 188 valence electrons. The summed E-state index contributed by atoms with van der Waals surface area (Å²) in [5, 5.41) is 2.82. The van der Waals surface area contributed by atoms with Crippen molar-refractivity contribution >= 4 is 29.6 Å². The van der Waals surface area contributed by atoms with Gasteiger partial charge in [-0.3, -0.25) is 9.59 Å². The third kappa shape index (κ3) is 9.62. The van der Waals surface area contributed by atoms with Gasteiger partial charge in [-0.1, -0.05) is 19.1 Å². The lowest BCUT2D eigenvalue weighted by atomic mass is 9.91. The van der Waals surface area contributed by atoms with Crippen molar-refractivity contribution in [2.75, 3.05) is 38.9 Å². The maximum atomic E-state index is 12.5. The quantitative estimate of drug-likeness (QED) is 0.254. The summed E-state index contributed by atoms with van der Waals surface area (Å²) in [7, 11) is 1.32. The van der Waals surface area contributed by atoms with Gasteiger partial charge in [-0.15, -0.1) is 0 Å². The minimum atomic E-state index is -0.485. The monoisotopic (exact) mass is 483 g/mol. The maximum Gasteiger partial charge on any atom is 0.330 e. The highest BCUT2D eigenvalue weighted by Crippen LogP contribution is 2.21. The third-order valence-electron chi connectivity index (χ3n) is 5.29. The average Bonchev–Trinajstić information content (AvgIpc) is 2.87. The number of nitrogens with one attached hydrogen (secondary N) is 1. The minimum absolute atomic E-state index is 0.207. The molecule has 0 aromatic heterocycles. The lowest BCUT2D eigenvalue weighted by Gasteiger charge is -2.20. The van der Waals surface area contributed by atoms with Crippen molar-refractivity contribution in [2.24, 2.45) is 5.41 Å². The van der Waals surface area contributed by atoms with Crippen LogP contribution in [0.4, 0.5) is 5.69 Å². The first-order valence-corrected chi connectivity index (χ1v) is 11.4. The summed E-state index contributed by atoms with van der Waals surface area (Å²) in [6.07, 6.45) is 3.67. The Kier molecular flexibility index (Phi) is 11.0. The molecule has 0 unspecified atom stereocenters. The predicted octanol–water partition coefficient (Wildman–Crippen LogP) is 4.50. The van der Waals surface area contributed by atoms with Crippen LogP contribution in [0.3, 0.4) is 0 Å². The van der Waals surface area contributed by atoms with Gasteiger partial charge in [0.05, 0.1) is 25.7 Å². The van der Waals surface area contributed by atoms with Gasteiger partial charge in [-0.2, -0.15) is 0 Å². The van der Waals surface area contributed by atoms with E-state index >= 15 is 0 Å². The van der Waals surface area contributed by atoms with Gasteiger partial charge in [0.1, 0.15) is 19.0 Å². The van der Waals surface area contributed by atoms with Gasteiger partial charge in [0, 0.05) is 17.3 Å². The van der Waals surface area contributed by atoms with Gasteiger partial charge in [0.25, 0.3) is 5.91 Å². The zero-order valence-corrected chi connectivity index (χ0v) is 20.7. The molecule has 0 radical (unpaired) electrons. The molecule has 0 atom stereocenters. The van der Waals surface area contributed by atoms with Gasteiger partial charge in [0.15, 0.2) is 0 Å². The fourth-order valence-corrected chi connectivity index (χ4v) is 2.67. The number of methoxy groups -OCH3 is 1. The van der Waals surface area contributed by atoms with E-state index in [-0.39, 0.29) is 18.5 Å². The molecule has 0 aliphatic rings. The highest BCUT2D eigenvalue weighted by molar-refractivity contribution is 6.04. The Bertz CT molecular complexity index is 995. The fourth-order valence-electron chi connectivity index (χ4n) is 2.67. The number of carbonyl (C=O) groups is 3. The number of hydrogen-bond acceptors (Lipinski definition) is 7. The summed E-state index contributed by atoms with van der Waals surface area (Å²) in [5.74, 6) is -0.299. The van der Waals surface area contributed by atoms with Crippen molar-refractivity contribution in [3.05, 3.63) is 65.7 Å². The Morgan fingerprint density at radius 2 is 1.57 bits per heavy atom. The first-order valence-electron chi connectivity index (χ1n) is 11.4. The molecule has 0 spiro atoms. The standard InChI is InChI=1S/C27H33NO7/c1-5-27(2,3)26(31)35-19-17-33-16-18-34-23-13-9-21(10-14-23)25(30)28-22-11-6-20(7-12-22)8-15-24(29)32-4/h6-15H,5,16-19H2,1-4H3,(H,28,30)/b15-8+. The summed E-state index contributed by atoms with van der Waals surface area (Å²) in [5.41, 5.74) is 1.44. The Hall–Kier alpha value is -3.65. The first-order chi connectivity index (χ1) is 16.7. The normalized spacial score (nSPS) is 11.2. The second-order valence-corrected chi connectivity index (χ2v) is 8.29. The Labute approximate surface area is 206 Å². The zero-order chi connectivity index (χ0) is 25.7. The average molecular weight is 484 g/mol. The van der Waals surface area contributed by atoms with Crippen LogP contribution >= 0.6 is 0 Å². The number of benzene rings is 2. The Morgan fingerprint density at radius 1 is 0.914 bits per heavy atom. The van der Waals surface area contributed by atoms with E-state index < -0.39 is 11.4 Å². The molecule has 8 heteroatoms. The molecule has 2 rings (SSSR count). The van der Waals surface area contributed by atoms with Crippen molar-refractivity contribution in [1.82, 2.24) is 0 Å². The second kappa shape index (κ2) is 13.9. The van der Waals surface area contributed by atoms with Crippen LogP contribution in [0.2, 0.25) is 0 Å². The first kappa shape index (κ1) is 27.6. The lowest BCUT2D eigenvalue weighted by Crippen LogP contribution is -2.27.